The number of benzene rings is 1. The molecule has 0 bridgehead atoms. The second-order valence-electron chi connectivity index (χ2n) is 6.46. The molecule has 0 fully saturated rings. The van der Waals surface area contributed by atoms with E-state index in [1.54, 1.807) is 6.92 Å². The summed E-state index contributed by atoms with van der Waals surface area (Å²) in [5, 5.41) is 0. The molecule has 1 unspecified atom stereocenters. The van der Waals surface area contributed by atoms with Crippen molar-refractivity contribution in [3.8, 4) is 0 Å². The number of primary amides is 1. The van der Waals surface area contributed by atoms with Crippen LogP contribution in [0.5, 0.6) is 0 Å². The summed E-state index contributed by atoms with van der Waals surface area (Å²) in [5.74, 6) is -0.415. The van der Waals surface area contributed by atoms with Gasteiger partial charge in [-0.2, -0.15) is 0 Å². The molecule has 116 valence electrons. The van der Waals surface area contributed by atoms with Crippen molar-refractivity contribution in [2.45, 2.75) is 51.5 Å². The highest BCUT2D eigenvalue weighted by molar-refractivity contribution is 5.83. The molecule has 1 amide bonds. The van der Waals surface area contributed by atoms with E-state index >= 15 is 0 Å². The van der Waals surface area contributed by atoms with Crippen molar-refractivity contribution in [2.24, 2.45) is 11.5 Å². The van der Waals surface area contributed by atoms with Crippen LogP contribution in [0, 0.1) is 6.92 Å². The van der Waals surface area contributed by atoms with Gasteiger partial charge in [0.2, 0.25) is 5.91 Å². The summed E-state index contributed by atoms with van der Waals surface area (Å²) >= 11 is 0. The Hall–Kier alpha value is -1.55. The zero-order valence-corrected chi connectivity index (χ0v) is 13.2. The average molecular weight is 289 g/mol. The third-order valence-corrected chi connectivity index (χ3v) is 4.39. The van der Waals surface area contributed by atoms with Crippen molar-refractivity contribution in [1.82, 2.24) is 0 Å². The van der Waals surface area contributed by atoms with Gasteiger partial charge in [-0.1, -0.05) is 17.7 Å². The van der Waals surface area contributed by atoms with Crippen LogP contribution in [0.2, 0.25) is 0 Å². The van der Waals surface area contributed by atoms with E-state index in [2.05, 4.69) is 30.0 Å². The van der Waals surface area contributed by atoms with Crippen molar-refractivity contribution in [3.63, 3.8) is 0 Å². The number of hydrogen-bond donors (Lipinski definition) is 2. The SMILES string of the molecule is Cc1ccc2c(c1)CCCN2CCCCC(C)(N)C(N)=O. The van der Waals surface area contributed by atoms with Gasteiger partial charge in [0.25, 0.3) is 0 Å². The Morgan fingerprint density at radius 2 is 2.14 bits per heavy atom. The molecular weight excluding hydrogens is 262 g/mol. The van der Waals surface area contributed by atoms with Crippen molar-refractivity contribution in [2.75, 3.05) is 18.0 Å². The molecule has 4 heteroatoms. The predicted molar refractivity (Wildman–Crippen MR) is 87.4 cm³/mol. The lowest BCUT2D eigenvalue weighted by molar-refractivity contribution is -0.122. The molecule has 0 aromatic heterocycles. The largest absolute Gasteiger partial charge is 0.371 e. The molecule has 0 saturated carbocycles. The highest BCUT2D eigenvalue weighted by Crippen LogP contribution is 2.28. The van der Waals surface area contributed by atoms with Crippen LogP contribution < -0.4 is 16.4 Å². The van der Waals surface area contributed by atoms with E-state index in [0.29, 0.717) is 6.42 Å². The maximum Gasteiger partial charge on any atom is 0.237 e. The van der Waals surface area contributed by atoms with Gasteiger partial charge in [0.05, 0.1) is 5.54 Å². The van der Waals surface area contributed by atoms with Crippen LogP contribution in [0.4, 0.5) is 5.69 Å². The number of rotatable bonds is 6. The Morgan fingerprint density at radius 1 is 1.38 bits per heavy atom. The molecule has 1 aliphatic heterocycles. The summed E-state index contributed by atoms with van der Waals surface area (Å²) in [6, 6.07) is 6.72. The minimum Gasteiger partial charge on any atom is -0.371 e. The van der Waals surface area contributed by atoms with E-state index < -0.39 is 11.4 Å². The monoisotopic (exact) mass is 289 g/mol. The van der Waals surface area contributed by atoms with E-state index in [4.69, 9.17) is 11.5 Å². The predicted octanol–water partition coefficient (Wildman–Crippen LogP) is 2.12. The van der Waals surface area contributed by atoms with Crippen LogP contribution >= 0.6 is 0 Å². The molecule has 1 aromatic carbocycles. The third-order valence-electron chi connectivity index (χ3n) is 4.39. The summed E-state index contributed by atoms with van der Waals surface area (Å²) < 4.78 is 0. The lowest BCUT2D eigenvalue weighted by atomic mass is 9.95. The number of fused-ring (bicyclic) bond motifs is 1. The highest BCUT2D eigenvalue weighted by Gasteiger charge is 2.25. The Kier molecular flexibility index (Phi) is 4.88. The van der Waals surface area contributed by atoms with Crippen LogP contribution in [0.25, 0.3) is 0 Å². The van der Waals surface area contributed by atoms with Crippen molar-refractivity contribution >= 4 is 11.6 Å². The van der Waals surface area contributed by atoms with Crippen molar-refractivity contribution < 1.29 is 4.79 Å². The van der Waals surface area contributed by atoms with Crippen LogP contribution in [0.1, 0.15) is 43.7 Å². The standard InChI is InChI=1S/C17H27N3O/c1-13-7-8-15-14(12-13)6-5-11-20(15)10-4-3-9-17(2,19)16(18)21/h7-8,12H,3-6,9-11,19H2,1-2H3,(H2,18,21). The second-order valence-corrected chi connectivity index (χ2v) is 6.46. The number of aryl methyl sites for hydroxylation is 2. The number of nitrogens with zero attached hydrogens (tertiary/aromatic N) is 1. The molecule has 0 saturated heterocycles. The van der Waals surface area contributed by atoms with E-state index in [-0.39, 0.29) is 0 Å². The number of carbonyl (C=O) groups excluding carboxylic acids is 1. The minimum absolute atomic E-state index is 0.415. The maximum absolute atomic E-state index is 11.2. The molecule has 0 radical (unpaired) electrons. The minimum atomic E-state index is -0.878. The fraction of sp³-hybridized carbons (Fsp3) is 0.588. The van der Waals surface area contributed by atoms with E-state index in [1.807, 2.05) is 0 Å². The van der Waals surface area contributed by atoms with Gasteiger partial charge in [-0.3, -0.25) is 4.79 Å². The summed E-state index contributed by atoms with van der Waals surface area (Å²) in [5.41, 5.74) is 14.5. The first-order valence-corrected chi connectivity index (χ1v) is 7.83. The van der Waals surface area contributed by atoms with Gasteiger partial charge in [-0.05, 0) is 57.6 Å². The first kappa shape index (κ1) is 15.8. The fourth-order valence-corrected chi connectivity index (χ4v) is 2.95. The van der Waals surface area contributed by atoms with Crippen LogP contribution in [0.15, 0.2) is 18.2 Å². The summed E-state index contributed by atoms with van der Waals surface area (Å²) in [4.78, 5) is 13.7. The number of unbranched alkanes of at least 4 members (excludes halogenated alkanes) is 1. The number of anilines is 1. The molecule has 4 N–H and O–H groups in total. The molecule has 1 atom stereocenters. The first-order valence-electron chi connectivity index (χ1n) is 7.83. The molecule has 1 aromatic rings. The van der Waals surface area contributed by atoms with Crippen LogP contribution in [0.3, 0.4) is 0 Å². The highest BCUT2D eigenvalue weighted by atomic mass is 16.1. The molecule has 4 nitrogen and oxygen atoms in total. The van der Waals surface area contributed by atoms with E-state index in [9.17, 15) is 4.79 Å². The quantitative estimate of drug-likeness (QED) is 0.788. The lowest BCUT2D eigenvalue weighted by Gasteiger charge is -2.32. The lowest BCUT2D eigenvalue weighted by Crippen LogP contribution is -2.49. The van der Waals surface area contributed by atoms with Gasteiger partial charge in [0, 0.05) is 18.8 Å². The average Bonchev–Trinajstić information content (AvgIpc) is 2.43. The molecule has 2 rings (SSSR count). The molecule has 1 heterocycles. The topological polar surface area (TPSA) is 72.3 Å². The zero-order valence-electron chi connectivity index (χ0n) is 13.2. The van der Waals surface area contributed by atoms with E-state index in [0.717, 1.165) is 25.9 Å². The van der Waals surface area contributed by atoms with Crippen molar-refractivity contribution in [1.29, 1.82) is 0 Å². The smallest absolute Gasteiger partial charge is 0.237 e. The number of nitrogens with two attached hydrogens (primary N) is 2. The zero-order chi connectivity index (χ0) is 15.5. The van der Waals surface area contributed by atoms with Crippen LogP contribution in [-0.2, 0) is 11.2 Å². The Bertz CT molecular complexity index is 511. The summed E-state index contributed by atoms with van der Waals surface area (Å²) in [6.45, 7) is 6.00. The molecule has 0 spiro atoms. The van der Waals surface area contributed by atoms with Crippen molar-refractivity contribution in [3.05, 3.63) is 29.3 Å². The maximum atomic E-state index is 11.2. The second kappa shape index (κ2) is 6.48. The molecule has 1 aliphatic rings. The van der Waals surface area contributed by atoms with Gasteiger partial charge < -0.3 is 16.4 Å². The molecule has 21 heavy (non-hydrogen) atoms. The number of hydrogen-bond acceptors (Lipinski definition) is 3. The van der Waals surface area contributed by atoms with Gasteiger partial charge in [-0.15, -0.1) is 0 Å². The fourth-order valence-electron chi connectivity index (χ4n) is 2.95. The Balaban J connectivity index is 1.87. The Morgan fingerprint density at radius 3 is 2.86 bits per heavy atom. The van der Waals surface area contributed by atoms with Gasteiger partial charge >= 0.3 is 0 Å². The van der Waals surface area contributed by atoms with E-state index in [1.165, 1.54) is 29.7 Å². The first-order chi connectivity index (χ1) is 9.90. The van der Waals surface area contributed by atoms with Gasteiger partial charge in [-0.25, -0.2) is 0 Å². The van der Waals surface area contributed by atoms with Gasteiger partial charge in [0.15, 0.2) is 0 Å². The molecular formula is C17H27N3O. The Labute approximate surface area is 127 Å². The third kappa shape index (κ3) is 3.97. The number of amides is 1. The molecule has 0 aliphatic carbocycles. The normalized spacial score (nSPS) is 17.2. The summed E-state index contributed by atoms with van der Waals surface area (Å²) in [7, 11) is 0. The summed E-state index contributed by atoms with van der Waals surface area (Å²) in [6.07, 6.45) is 5.00. The number of carbonyl (C=O) groups is 1. The van der Waals surface area contributed by atoms with Gasteiger partial charge in [0.1, 0.15) is 0 Å². The van der Waals surface area contributed by atoms with Crippen LogP contribution in [-0.4, -0.2) is 24.5 Å².